The molecule has 1 aromatic heterocycles. The van der Waals surface area contributed by atoms with Crippen molar-refractivity contribution in [2.75, 3.05) is 6.54 Å². The highest BCUT2D eigenvalue weighted by Gasteiger charge is 2.38. The fraction of sp³-hybridized carbons (Fsp3) is 0.286. The molecule has 1 aliphatic heterocycles. The first-order valence-electron chi connectivity index (χ1n) is 6.44. The number of fused-ring (bicyclic) bond motifs is 3. The monoisotopic (exact) mass is 314 g/mol. The van der Waals surface area contributed by atoms with Crippen molar-refractivity contribution in [1.29, 1.82) is 0 Å². The Labute approximate surface area is 122 Å². The predicted molar refractivity (Wildman–Crippen MR) is 73.7 cm³/mol. The van der Waals surface area contributed by atoms with Crippen LogP contribution in [0.5, 0.6) is 0 Å². The number of carbonyl (C=O) groups is 1. The number of aliphatic carboxylic acids is 1. The van der Waals surface area contributed by atoms with Crippen LogP contribution in [0.15, 0.2) is 29.1 Å². The van der Waals surface area contributed by atoms with E-state index in [-0.39, 0.29) is 5.56 Å². The van der Waals surface area contributed by atoms with Crippen LogP contribution in [0.4, 0.5) is 13.2 Å². The number of hydrogen-bond acceptors (Lipinski definition) is 3. The Morgan fingerprint density at radius 3 is 2.36 bits per heavy atom. The minimum Gasteiger partial charge on any atom is -0.475 e. The largest absolute Gasteiger partial charge is 0.490 e. The molecular formula is C14H13F3N2O3. The van der Waals surface area contributed by atoms with Crippen molar-refractivity contribution >= 4 is 16.7 Å². The average Bonchev–Trinajstić information content (AvgIpc) is 2.47. The van der Waals surface area contributed by atoms with Crippen LogP contribution in [0, 0.1) is 0 Å². The first-order valence-corrected chi connectivity index (χ1v) is 6.44. The van der Waals surface area contributed by atoms with Crippen molar-refractivity contribution in [2.45, 2.75) is 19.1 Å². The van der Waals surface area contributed by atoms with Crippen molar-refractivity contribution in [3.05, 3.63) is 45.9 Å². The van der Waals surface area contributed by atoms with Gasteiger partial charge in [0.1, 0.15) is 0 Å². The maximum atomic E-state index is 11.8. The molecule has 0 aliphatic carbocycles. The van der Waals surface area contributed by atoms with E-state index in [1.54, 1.807) is 0 Å². The van der Waals surface area contributed by atoms with Gasteiger partial charge < -0.3 is 15.4 Å². The number of benzene rings is 1. The molecule has 5 nitrogen and oxygen atoms in total. The molecule has 0 saturated carbocycles. The minimum atomic E-state index is -5.08. The van der Waals surface area contributed by atoms with Gasteiger partial charge in [-0.15, -0.1) is 0 Å². The van der Waals surface area contributed by atoms with E-state index in [4.69, 9.17) is 9.90 Å². The molecule has 22 heavy (non-hydrogen) atoms. The summed E-state index contributed by atoms with van der Waals surface area (Å²) in [6, 6.07) is 7.82. The Kier molecular flexibility index (Phi) is 4.51. The lowest BCUT2D eigenvalue weighted by Crippen LogP contribution is -2.27. The Hall–Kier alpha value is -2.35. The van der Waals surface area contributed by atoms with Gasteiger partial charge in [0.15, 0.2) is 0 Å². The zero-order valence-electron chi connectivity index (χ0n) is 11.3. The predicted octanol–water partition coefficient (Wildman–Crippen LogP) is 1.81. The summed E-state index contributed by atoms with van der Waals surface area (Å²) in [7, 11) is 0. The summed E-state index contributed by atoms with van der Waals surface area (Å²) in [5.41, 5.74) is 2.36. The van der Waals surface area contributed by atoms with Crippen LogP contribution in [0.2, 0.25) is 0 Å². The SMILES string of the molecule is O=C(O)C(F)(F)F.O=c1[nH]c2c(c3ccccc13)CCNC2. The van der Waals surface area contributed by atoms with E-state index >= 15 is 0 Å². The molecule has 0 spiro atoms. The van der Waals surface area contributed by atoms with Crippen LogP contribution >= 0.6 is 0 Å². The topological polar surface area (TPSA) is 82.2 Å². The fourth-order valence-corrected chi connectivity index (χ4v) is 2.25. The molecule has 3 rings (SSSR count). The number of alkyl halides is 3. The van der Waals surface area contributed by atoms with Gasteiger partial charge in [0.05, 0.1) is 0 Å². The molecule has 0 atom stereocenters. The maximum Gasteiger partial charge on any atom is 0.490 e. The van der Waals surface area contributed by atoms with Gasteiger partial charge in [0, 0.05) is 17.6 Å². The molecule has 0 unspecified atom stereocenters. The highest BCUT2D eigenvalue weighted by molar-refractivity contribution is 5.85. The number of pyridine rings is 1. The zero-order chi connectivity index (χ0) is 16.3. The molecule has 3 N–H and O–H groups in total. The lowest BCUT2D eigenvalue weighted by Gasteiger charge is -2.18. The van der Waals surface area contributed by atoms with E-state index in [0.29, 0.717) is 0 Å². The van der Waals surface area contributed by atoms with Crippen LogP contribution in [0.25, 0.3) is 10.8 Å². The van der Waals surface area contributed by atoms with Gasteiger partial charge in [-0.25, -0.2) is 4.79 Å². The van der Waals surface area contributed by atoms with Crippen LogP contribution in [0.3, 0.4) is 0 Å². The quantitative estimate of drug-likeness (QED) is 0.692. The summed E-state index contributed by atoms with van der Waals surface area (Å²) in [5.74, 6) is -2.76. The van der Waals surface area contributed by atoms with Gasteiger partial charge in [-0.05, 0) is 30.0 Å². The second-order valence-corrected chi connectivity index (χ2v) is 4.69. The van der Waals surface area contributed by atoms with Crippen molar-refractivity contribution in [3.8, 4) is 0 Å². The Morgan fingerprint density at radius 2 is 1.77 bits per heavy atom. The number of aromatic amines is 1. The third kappa shape index (κ3) is 3.45. The molecule has 2 heterocycles. The number of hydrogen-bond donors (Lipinski definition) is 3. The molecule has 1 aliphatic rings. The average molecular weight is 314 g/mol. The molecule has 1 aromatic carbocycles. The molecule has 8 heteroatoms. The molecule has 0 fully saturated rings. The van der Waals surface area contributed by atoms with Gasteiger partial charge in [-0.1, -0.05) is 18.2 Å². The van der Waals surface area contributed by atoms with Gasteiger partial charge in [-0.2, -0.15) is 13.2 Å². The fourth-order valence-electron chi connectivity index (χ4n) is 2.25. The van der Waals surface area contributed by atoms with E-state index in [1.807, 2.05) is 24.3 Å². The van der Waals surface area contributed by atoms with Gasteiger partial charge in [0.2, 0.25) is 0 Å². The summed E-state index contributed by atoms with van der Waals surface area (Å²) in [5, 5.41) is 12.3. The molecule has 0 bridgehead atoms. The van der Waals surface area contributed by atoms with Crippen molar-refractivity contribution in [3.63, 3.8) is 0 Å². The standard InChI is InChI=1S/C12H12N2O.C2HF3O2/c15-12-10-4-2-1-3-8(10)9-5-6-13-7-11(9)14-12;3-2(4,5)1(6)7/h1-4,13H,5-7H2,(H,14,15);(H,6,7). The van der Waals surface area contributed by atoms with Crippen LogP contribution in [-0.4, -0.2) is 28.8 Å². The van der Waals surface area contributed by atoms with Crippen LogP contribution < -0.4 is 10.9 Å². The van der Waals surface area contributed by atoms with Crippen LogP contribution in [-0.2, 0) is 17.8 Å². The molecule has 0 radical (unpaired) electrons. The third-order valence-electron chi connectivity index (χ3n) is 3.22. The second-order valence-electron chi connectivity index (χ2n) is 4.69. The summed E-state index contributed by atoms with van der Waals surface area (Å²) < 4.78 is 31.7. The summed E-state index contributed by atoms with van der Waals surface area (Å²) >= 11 is 0. The number of carboxylic acid groups (broad SMARTS) is 1. The number of H-pyrrole nitrogens is 1. The molecule has 118 valence electrons. The normalized spacial score (nSPS) is 14.0. The minimum absolute atomic E-state index is 0.0213. The Balaban J connectivity index is 0.000000217. The van der Waals surface area contributed by atoms with Crippen molar-refractivity contribution in [1.82, 2.24) is 10.3 Å². The highest BCUT2D eigenvalue weighted by Crippen LogP contribution is 2.20. The zero-order valence-corrected chi connectivity index (χ0v) is 11.3. The van der Waals surface area contributed by atoms with Gasteiger partial charge >= 0.3 is 12.1 Å². The highest BCUT2D eigenvalue weighted by atomic mass is 19.4. The third-order valence-corrected chi connectivity index (χ3v) is 3.22. The summed E-state index contributed by atoms with van der Waals surface area (Å²) in [6.45, 7) is 1.76. The Bertz CT molecular complexity index is 753. The molecule has 0 saturated heterocycles. The van der Waals surface area contributed by atoms with Crippen molar-refractivity contribution in [2.24, 2.45) is 0 Å². The van der Waals surface area contributed by atoms with E-state index in [9.17, 15) is 18.0 Å². The van der Waals surface area contributed by atoms with Crippen LogP contribution in [0.1, 0.15) is 11.3 Å². The first kappa shape index (κ1) is 16.0. The summed E-state index contributed by atoms with van der Waals surface area (Å²) in [4.78, 5) is 23.6. The maximum absolute atomic E-state index is 11.8. The molecule has 2 aromatic rings. The molecule has 0 amide bonds. The van der Waals surface area contributed by atoms with Gasteiger partial charge in [-0.3, -0.25) is 4.79 Å². The smallest absolute Gasteiger partial charge is 0.475 e. The first-order chi connectivity index (χ1) is 10.3. The number of carboxylic acids is 1. The Morgan fingerprint density at radius 1 is 1.18 bits per heavy atom. The van der Waals surface area contributed by atoms with E-state index in [2.05, 4.69) is 10.3 Å². The van der Waals surface area contributed by atoms with Gasteiger partial charge in [0.25, 0.3) is 5.56 Å². The van der Waals surface area contributed by atoms with E-state index < -0.39 is 12.1 Å². The summed E-state index contributed by atoms with van der Waals surface area (Å²) in [6.07, 6.45) is -4.09. The number of nitrogens with one attached hydrogen (secondary N) is 2. The van der Waals surface area contributed by atoms with Crippen molar-refractivity contribution < 1.29 is 23.1 Å². The molecular weight excluding hydrogens is 301 g/mol. The van der Waals surface area contributed by atoms with E-state index in [1.165, 1.54) is 5.56 Å². The van der Waals surface area contributed by atoms with E-state index in [0.717, 1.165) is 36.0 Å². The lowest BCUT2D eigenvalue weighted by molar-refractivity contribution is -0.192. The number of rotatable bonds is 0. The number of halogens is 3. The number of aromatic nitrogens is 1. The lowest BCUT2D eigenvalue weighted by atomic mass is 9.99. The second kappa shape index (κ2) is 6.18.